The lowest BCUT2D eigenvalue weighted by atomic mass is 9.58. The molecule has 400 valence electrons. The second kappa shape index (κ2) is 22.6. The molecule has 0 radical (unpaired) electrons. The van der Waals surface area contributed by atoms with Gasteiger partial charge >= 0.3 is 11.9 Å². The summed E-state index contributed by atoms with van der Waals surface area (Å²) in [6, 6.07) is 32.4. The molecular formula is C64H79NO9S. The van der Waals surface area contributed by atoms with Crippen LogP contribution in [0.4, 0.5) is 5.69 Å². The van der Waals surface area contributed by atoms with Crippen LogP contribution < -0.4 is 19.1 Å². The number of benzene rings is 5. The molecule has 75 heavy (non-hydrogen) atoms. The van der Waals surface area contributed by atoms with Gasteiger partial charge in [0.1, 0.15) is 41.0 Å². The minimum absolute atomic E-state index is 0.0299. The number of rotatable bonds is 21. The highest BCUT2D eigenvalue weighted by Crippen LogP contribution is 2.64. The van der Waals surface area contributed by atoms with E-state index in [1.165, 1.54) is 53.3 Å². The normalized spacial score (nSPS) is 19.6. The topological polar surface area (TPSA) is 102 Å². The van der Waals surface area contributed by atoms with E-state index >= 15 is 0 Å². The highest BCUT2D eigenvalue weighted by atomic mass is 32.1. The molecule has 4 aliphatic rings. The van der Waals surface area contributed by atoms with Crippen LogP contribution in [0.5, 0.6) is 17.2 Å². The third-order valence-corrected chi connectivity index (χ3v) is 17.8. The second-order valence-electron chi connectivity index (χ2n) is 22.2. The van der Waals surface area contributed by atoms with Crippen molar-refractivity contribution in [2.45, 2.75) is 141 Å². The van der Waals surface area contributed by atoms with Gasteiger partial charge in [0.2, 0.25) is 0 Å². The van der Waals surface area contributed by atoms with Crippen LogP contribution in [0.3, 0.4) is 0 Å². The smallest absolute Gasteiger partial charge is 0.306 e. The van der Waals surface area contributed by atoms with Crippen molar-refractivity contribution in [1.29, 1.82) is 0 Å². The third-order valence-electron chi connectivity index (χ3n) is 17.4. The number of thiol groups is 1. The maximum absolute atomic E-state index is 12.9. The molecule has 9 rings (SSSR count). The number of morpholine rings is 1. The van der Waals surface area contributed by atoms with Gasteiger partial charge in [-0.1, -0.05) is 102 Å². The van der Waals surface area contributed by atoms with E-state index in [0.717, 1.165) is 84.5 Å². The zero-order valence-corrected chi connectivity index (χ0v) is 46.6. The Morgan fingerprint density at radius 3 is 2.15 bits per heavy atom. The summed E-state index contributed by atoms with van der Waals surface area (Å²) < 4.78 is 42.9. The predicted octanol–water partition coefficient (Wildman–Crippen LogP) is 14.2. The molecule has 0 aromatic heterocycles. The molecule has 1 saturated heterocycles. The molecule has 2 heterocycles. The summed E-state index contributed by atoms with van der Waals surface area (Å²) in [7, 11) is 1.73. The molecule has 1 spiro atoms. The van der Waals surface area contributed by atoms with Crippen LogP contribution in [0.2, 0.25) is 0 Å². The fraction of sp³-hybridized carbons (Fsp3) is 0.500. The molecule has 0 bridgehead atoms. The van der Waals surface area contributed by atoms with Crippen molar-refractivity contribution >= 4 is 47.1 Å². The van der Waals surface area contributed by atoms with Gasteiger partial charge in [-0.15, -0.1) is 12.6 Å². The molecular weight excluding hydrogens is 959 g/mol. The Balaban J connectivity index is 0.949. The van der Waals surface area contributed by atoms with Crippen molar-refractivity contribution in [2.75, 3.05) is 58.1 Å². The molecule has 5 aromatic rings. The minimum atomic E-state index is -1.01. The number of carbonyl (C=O) groups is 2. The fourth-order valence-corrected chi connectivity index (χ4v) is 12.3. The quantitative estimate of drug-likeness (QED) is 0.0331. The van der Waals surface area contributed by atoms with E-state index in [0.29, 0.717) is 31.0 Å². The molecule has 2 aliphatic heterocycles. The molecule has 2 fully saturated rings. The summed E-state index contributed by atoms with van der Waals surface area (Å²) in [4.78, 5) is 27.5. The third kappa shape index (κ3) is 11.1. The van der Waals surface area contributed by atoms with Crippen molar-refractivity contribution in [3.63, 3.8) is 0 Å². The summed E-state index contributed by atoms with van der Waals surface area (Å²) in [6.45, 7) is 18.2. The number of nitrogens with zero attached hydrogens (tertiary/aromatic N) is 1. The molecule has 0 N–H and O–H groups in total. The van der Waals surface area contributed by atoms with Crippen molar-refractivity contribution in [1.82, 2.24) is 0 Å². The van der Waals surface area contributed by atoms with Gasteiger partial charge in [0.15, 0.2) is 5.60 Å². The fourth-order valence-electron chi connectivity index (χ4n) is 12.1. The van der Waals surface area contributed by atoms with Crippen molar-refractivity contribution in [3.05, 3.63) is 125 Å². The van der Waals surface area contributed by atoms with E-state index in [2.05, 4.69) is 129 Å². The van der Waals surface area contributed by atoms with Crippen LogP contribution in [0.15, 0.2) is 97.1 Å². The number of esters is 2. The highest BCUT2D eigenvalue weighted by molar-refractivity contribution is 7.81. The average Bonchev–Trinajstić information content (AvgIpc) is 3.72. The molecule has 3 atom stereocenters. The van der Waals surface area contributed by atoms with E-state index in [-0.39, 0.29) is 37.4 Å². The standard InChI is InChI=1S/C64H79NO9S/c1-9-12-30-61(7,75)72-43-44(4)60(5,6)73-56(67)28-27-55(66)71-41-40-70-48-23-19-46(20-24-48)64(45-17-21-47(22-18-45)65-36-38-69-39-37-65)31-29-52-58-57(50-26-25-49(68-8)42-53(50)59(52)74-64)51-15-13-14-16-54(51)63(58)34-32-62(10-2,11-3)33-35-63/h13-26,29,31,42,44,75H,9-12,27-28,30,32-41,43H2,1-8H3. The van der Waals surface area contributed by atoms with Gasteiger partial charge in [-0.25, -0.2) is 0 Å². The number of hydrogen-bond donors (Lipinski definition) is 1. The molecule has 0 amide bonds. The Morgan fingerprint density at radius 1 is 0.800 bits per heavy atom. The molecule has 10 nitrogen and oxygen atoms in total. The van der Waals surface area contributed by atoms with E-state index in [4.69, 9.17) is 33.2 Å². The van der Waals surface area contributed by atoms with Crippen molar-refractivity contribution < 1.29 is 42.7 Å². The van der Waals surface area contributed by atoms with E-state index in [1.807, 2.05) is 39.8 Å². The molecule has 11 heteroatoms. The number of ether oxygens (including phenoxy) is 7. The van der Waals surface area contributed by atoms with Crippen LogP contribution in [-0.2, 0) is 39.6 Å². The number of methoxy groups -OCH3 is 1. The van der Waals surface area contributed by atoms with E-state index < -0.39 is 28.1 Å². The van der Waals surface area contributed by atoms with Crippen LogP contribution >= 0.6 is 12.6 Å². The number of anilines is 1. The Morgan fingerprint density at radius 2 is 1.47 bits per heavy atom. The van der Waals surface area contributed by atoms with E-state index in [1.54, 1.807) is 7.11 Å². The summed E-state index contributed by atoms with van der Waals surface area (Å²) >= 11 is 4.68. The molecule has 5 aromatic carbocycles. The first-order valence-electron chi connectivity index (χ1n) is 27.7. The van der Waals surface area contributed by atoms with Crippen LogP contribution in [0.25, 0.3) is 28.0 Å². The van der Waals surface area contributed by atoms with Gasteiger partial charge in [-0.2, -0.15) is 0 Å². The zero-order chi connectivity index (χ0) is 53.0. The van der Waals surface area contributed by atoms with E-state index in [9.17, 15) is 9.59 Å². The Labute approximate surface area is 451 Å². The summed E-state index contributed by atoms with van der Waals surface area (Å²) in [5, 5.41) is 2.19. The van der Waals surface area contributed by atoms with Gasteiger partial charge in [-0.3, -0.25) is 9.59 Å². The van der Waals surface area contributed by atoms with Gasteiger partial charge in [0, 0.05) is 52.2 Å². The summed E-state index contributed by atoms with van der Waals surface area (Å²) in [5.74, 6) is 1.22. The Kier molecular flexibility index (Phi) is 16.4. The first-order valence-corrected chi connectivity index (χ1v) is 28.1. The molecule has 2 aliphatic carbocycles. The SMILES string of the molecule is CCCCC(C)(S)OCC(C)C(C)(C)OC(=O)CCC(=O)OCCOc1ccc(C2(c3ccc(N4CCOCC4)cc3)C=Cc3c4c(c5ccc(OC)cc5c3O2)-c2ccccc2C42CCC(CC)(CC)CC2)cc1. The monoisotopic (exact) mass is 1040 g/mol. The number of hydrogen-bond acceptors (Lipinski definition) is 11. The number of carbonyl (C=O) groups excluding carboxylic acids is 2. The largest absolute Gasteiger partial charge is 0.497 e. The van der Waals surface area contributed by atoms with Gasteiger partial charge < -0.3 is 38.1 Å². The number of unbranched alkanes of at least 4 members (excludes halogenated alkanes) is 1. The first-order chi connectivity index (χ1) is 36.1. The first kappa shape index (κ1) is 54.3. The lowest BCUT2D eigenvalue weighted by Gasteiger charge is -2.47. The second-order valence-corrected chi connectivity index (χ2v) is 23.2. The maximum atomic E-state index is 12.9. The summed E-state index contributed by atoms with van der Waals surface area (Å²) in [6.07, 6.45) is 14.3. The zero-order valence-electron chi connectivity index (χ0n) is 45.7. The predicted molar refractivity (Wildman–Crippen MR) is 302 cm³/mol. The molecule has 1 saturated carbocycles. The van der Waals surface area contributed by atoms with Crippen molar-refractivity contribution in [3.8, 4) is 28.4 Å². The van der Waals surface area contributed by atoms with Gasteiger partial charge in [0.05, 0.1) is 39.8 Å². The number of fused-ring (bicyclic) bond motifs is 10. The highest BCUT2D eigenvalue weighted by Gasteiger charge is 2.52. The maximum Gasteiger partial charge on any atom is 0.306 e. The Hall–Kier alpha value is -5.49. The molecule has 3 unspecified atom stereocenters. The minimum Gasteiger partial charge on any atom is -0.497 e. The Bertz CT molecular complexity index is 2830. The van der Waals surface area contributed by atoms with Gasteiger partial charge in [0.25, 0.3) is 0 Å². The van der Waals surface area contributed by atoms with Crippen LogP contribution in [-0.4, -0.2) is 75.7 Å². The van der Waals surface area contributed by atoms with Crippen LogP contribution in [0.1, 0.15) is 147 Å². The summed E-state index contributed by atoms with van der Waals surface area (Å²) in [5.41, 5.74) is 8.13. The lowest BCUT2D eigenvalue weighted by molar-refractivity contribution is -0.166. The van der Waals surface area contributed by atoms with Gasteiger partial charge in [-0.05, 0) is 141 Å². The average molecular weight is 1040 g/mol. The lowest BCUT2D eigenvalue weighted by Crippen LogP contribution is -2.39. The van der Waals surface area contributed by atoms with Crippen LogP contribution in [0, 0.1) is 11.3 Å². The van der Waals surface area contributed by atoms with Crippen molar-refractivity contribution in [2.24, 2.45) is 11.3 Å².